The molecule has 4 nitrogen and oxygen atoms in total. The summed E-state index contributed by atoms with van der Waals surface area (Å²) in [5.41, 5.74) is 7.77. The number of amides is 1. The van der Waals surface area contributed by atoms with E-state index >= 15 is 0 Å². The number of rotatable bonds is 2. The molecule has 2 atom stereocenters. The maximum absolute atomic E-state index is 12.3. The minimum Gasteiger partial charge on any atom is -0.398 e. The minimum absolute atomic E-state index is 0.124. The second kappa shape index (κ2) is 5.12. The highest BCUT2D eigenvalue weighted by atomic mass is 16.1. The summed E-state index contributed by atoms with van der Waals surface area (Å²) in [6, 6.07) is 9.53. The molecular formula is C16H19N3O. The Morgan fingerprint density at radius 2 is 2.15 bits per heavy atom. The van der Waals surface area contributed by atoms with Crippen LogP contribution in [0.2, 0.25) is 0 Å². The molecule has 3 N–H and O–H groups in total. The highest BCUT2D eigenvalue weighted by molar-refractivity contribution is 5.99. The Bertz CT molecular complexity index is 653. The number of pyridine rings is 1. The third-order valence-electron chi connectivity index (χ3n) is 4.16. The molecule has 1 heterocycles. The van der Waals surface area contributed by atoms with Crippen molar-refractivity contribution in [3.63, 3.8) is 0 Å². The Balaban J connectivity index is 1.88. The summed E-state index contributed by atoms with van der Waals surface area (Å²) < 4.78 is 0. The van der Waals surface area contributed by atoms with Crippen molar-refractivity contribution in [3.8, 4) is 0 Å². The summed E-state index contributed by atoms with van der Waals surface area (Å²) in [6.45, 7) is 2.18. The smallest absolute Gasteiger partial charge is 0.270 e. The molecule has 1 fully saturated rings. The molecule has 3 rings (SSSR count). The number of aromatic nitrogens is 1. The molecule has 4 heteroatoms. The van der Waals surface area contributed by atoms with Crippen LogP contribution >= 0.6 is 0 Å². The van der Waals surface area contributed by atoms with Crippen molar-refractivity contribution in [2.75, 3.05) is 5.73 Å². The lowest BCUT2D eigenvalue weighted by Crippen LogP contribution is -2.36. The van der Waals surface area contributed by atoms with Gasteiger partial charge in [0.25, 0.3) is 5.91 Å². The van der Waals surface area contributed by atoms with Crippen LogP contribution in [0.5, 0.6) is 0 Å². The van der Waals surface area contributed by atoms with Gasteiger partial charge >= 0.3 is 0 Å². The zero-order chi connectivity index (χ0) is 14.1. The molecule has 1 aliphatic rings. The predicted molar refractivity (Wildman–Crippen MR) is 80.4 cm³/mol. The number of anilines is 1. The Kier molecular flexibility index (Phi) is 3.30. The van der Waals surface area contributed by atoms with E-state index < -0.39 is 0 Å². The zero-order valence-corrected chi connectivity index (χ0v) is 11.6. The van der Waals surface area contributed by atoms with Gasteiger partial charge in [0.2, 0.25) is 0 Å². The zero-order valence-electron chi connectivity index (χ0n) is 11.6. The number of carbonyl (C=O) groups excluding carboxylic acids is 1. The molecule has 1 aromatic carbocycles. The third kappa shape index (κ3) is 2.33. The van der Waals surface area contributed by atoms with Gasteiger partial charge in [-0.15, -0.1) is 0 Å². The number of para-hydroxylation sites is 1. The standard InChI is InChI=1S/C16H19N3O/c1-10-5-4-8-13(10)19-16(20)15-9-12(17)11-6-2-3-7-14(11)18-15/h2-3,6-7,9-10,13H,4-5,8H2,1H3,(H2,17,18)(H,19,20). The first-order chi connectivity index (χ1) is 9.65. The van der Waals surface area contributed by atoms with Crippen LogP contribution in [0.4, 0.5) is 5.69 Å². The van der Waals surface area contributed by atoms with Crippen molar-refractivity contribution in [1.82, 2.24) is 10.3 Å². The number of hydrogen-bond donors (Lipinski definition) is 2. The number of nitrogen functional groups attached to an aromatic ring is 1. The molecule has 1 saturated carbocycles. The molecular weight excluding hydrogens is 250 g/mol. The third-order valence-corrected chi connectivity index (χ3v) is 4.16. The molecule has 20 heavy (non-hydrogen) atoms. The Morgan fingerprint density at radius 3 is 2.90 bits per heavy atom. The second-order valence-electron chi connectivity index (χ2n) is 5.60. The average Bonchev–Trinajstić information content (AvgIpc) is 2.84. The Hall–Kier alpha value is -2.10. The largest absolute Gasteiger partial charge is 0.398 e. The van der Waals surface area contributed by atoms with E-state index in [1.54, 1.807) is 6.07 Å². The highest BCUT2D eigenvalue weighted by Gasteiger charge is 2.25. The Morgan fingerprint density at radius 1 is 1.35 bits per heavy atom. The quantitative estimate of drug-likeness (QED) is 0.880. The van der Waals surface area contributed by atoms with Gasteiger partial charge in [-0.2, -0.15) is 0 Å². The predicted octanol–water partition coefficient (Wildman–Crippen LogP) is 2.74. The van der Waals surface area contributed by atoms with Crippen LogP contribution in [0.25, 0.3) is 10.9 Å². The van der Waals surface area contributed by atoms with Crippen molar-refractivity contribution in [2.45, 2.75) is 32.2 Å². The van der Waals surface area contributed by atoms with E-state index in [2.05, 4.69) is 17.2 Å². The van der Waals surface area contributed by atoms with Crippen molar-refractivity contribution in [3.05, 3.63) is 36.0 Å². The van der Waals surface area contributed by atoms with Gasteiger partial charge < -0.3 is 11.1 Å². The van der Waals surface area contributed by atoms with Gasteiger partial charge in [0.1, 0.15) is 5.69 Å². The van der Waals surface area contributed by atoms with Gasteiger partial charge in [0.05, 0.1) is 5.52 Å². The lowest BCUT2D eigenvalue weighted by molar-refractivity contribution is 0.0925. The van der Waals surface area contributed by atoms with Crippen molar-refractivity contribution in [1.29, 1.82) is 0 Å². The van der Waals surface area contributed by atoms with E-state index in [1.165, 1.54) is 12.8 Å². The number of nitrogens with two attached hydrogens (primary N) is 1. The molecule has 0 aliphatic heterocycles. The molecule has 0 radical (unpaired) electrons. The maximum atomic E-state index is 12.3. The van der Waals surface area contributed by atoms with Crippen LogP contribution in [0, 0.1) is 5.92 Å². The van der Waals surface area contributed by atoms with Crippen LogP contribution in [0.3, 0.4) is 0 Å². The molecule has 0 spiro atoms. The van der Waals surface area contributed by atoms with E-state index in [9.17, 15) is 4.79 Å². The number of fused-ring (bicyclic) bond motifs is 1. The fraction of sp³-hybridized carbons (Fsp3) is 0.375. The maximum Gasteiger partial charge on any atom is 0.270 e. The van der Waals surface area contributed by atoms with E-state index in [1.807, 2.05) is 24.3 Å². The first kappa shape index (κ1) is 12.9. The molecule has 0 bridgehead atoms. The van der Waals surface area contributed by atoms with Crippen LogP contribution in [-0.4, -0.2) is 16.9 Å². The molecule has 0 saturated heterocycles. The van der Waals surface area contributed by atoms with E-state index in [-0.39, 0.29) is 11.9 Å². The van der Waals surface area contributed by atoms with Crippen LogP contribution in [0.1, 0.15) is 36.7 Å². The van der Waals surface area contributed by atoms with Crippen LogP contribution in [-0.2, 0) is 0 Å². The van der Waals surface area contributed by atoms with Gasteiger partial charge in [-0.25, -0.2) is 4.98 Å². The van der Waals surface area contributed by atoms with E-state index in [4.69, 9.17) is 5.73 Å². The van der Waals surface area contributed by atoms with Gasteiger partial charge in [-0.1, -0.05) is 31.5 Å². The number of nitrogens with zero attached hydrogens (tertiary/aromatic N) is 1. The molecule has 1 aromatic heterocycles. The minimum atomic E-state index is -0.124. The summed E-state index contributed by atoms with van der Waals surface area (Å²) >= 11 is 0. The van der Waals surface area contributed by atoms with Gasteiger partial charge in [0.15, 0.2) is 0 Å². The average molecular weight is 269 g/mol. The van der Waals surface area contributed by atoms with Crippen LogP contribution in [0.15, 0.2) is 30.3 Å². The lowest BCUT2D eigenvalue weighted by atomic mass is 10.1. The lowest BCUT2D eigenvalue weighted by Gasteiger charge is -2.17. The fourth-order valence-corrected chi connectivity index (χ4v) is 2.92. The SMILES string of the molecule is CC1CCCC1NC(=O)c1cc(N)c2ccccc2n1. The molecule has 2 unspecified atom stereocenters. The summed E-state index contributed by atoms with van der Waals surface area (Å²) in [4.78, 5) is 16.7. The van der Waals surface area contributed by atoms with Gasteiger partial charge in [-0.3, -0.25) is 4.79 Å². The van der Waals surface area contributed by atoms with Gasteiger partial charge in [0, 0.05) is 17.1 Å². The first-order valence-corrected chi connectivity index (χ1v) is 7.11. The number of carbonyl (C=O) groups is 1. The summed E-state index contributed by atoms with van der Waals surface area (Å²) in [7, 11) is 0. The monoisotopic (exact) mass is 269 g/mol. The van der Waals surface area contributed by atoms with E-state index in [0.717, 1.165) is 17.3 Å². The number of nitrogens with one attached hydrogen (secondary N) is 1. The topological polar surface area (TPSA) is 68.0 Å². The highest BCUT2D eigenvalue weighted by Crippen LogP contribution is 2.25. The number of benzene rings is 1. The fourth-order valence-electron chi connectivity index (χ4n) is 2.92. The Labute approximate surface area is 118 Å². The van der Waals surface area contributed by atoms with Crippen molar-refractivity contribution >= 4 is 22.5 Å². The summed E-state index contributed by atoms with van der Waals surface area (Å²) in [6.07, 6.45) is 3.41. The van der Waals surface area contributed by atoms with Crippen molar-refractivity contribution < 1.29 is 4.79 Å². The molecule has 1 amide bonds. The summed E-state index contributed by atoms with van der Waals surface area (Å²) in [5, 5.41) is 3.97. The molecule has 2 aromatic rings. The summed E-state index contributed by atoms with van der Waals surface area (Å²) in [5.74, 6) is 0.415. The second-order valence-corrected chi connectivity index (χ2v) is 5.60. The molecule has 104 valence electrons. The van der Waals surface area contributed by atoms with Gasteiger partial charge in [-0.05, 0) is 30.9 Å². The first-order valence-electron chi connectivity index (χ1n) is 7.11. The van der Waals surface area contributed by atoms with Crippen molar-refractivity contribution in [2.24, 2.45) is 5.92 Å². The molecule has 1 aliphatic carbocycles. The van der Waals surface area contributed by atoms with E-state index in [0.29, 0.717) is 17.3 Å². The van der Waals surface area contributed by atoms with Crippen LogP contribution < -0.4 is 11.1 Å². The number of hydrogen-bond acceptors (Lipinski definition) is 3. The normalized spacial score (nSPS) is 22.1.